The van der Waals surface area contributed by atoms with Gasteiger partial charge in [0.25, 0.3) is 0 Å². The smallest absolute Gasteiger partial charge is 0.368 e. The van der Waals surface area contributed by atoms with E-state index >= 15 is 0 Å². The summed E-state index contributed by atoms with van der Waals surface area (Å²) in [6.07, 6.45) is 1.22. The summed E-state index contributed by atoms with van der Waals surface area (Å²) in [4.78, 5) is 39.6. The molecule has 6 heteroatoms. The first-order chi connectivity index (χ1) is 11.9. The Morgan fingerprint density at radius 2 is 1.96 bits per heavy atom. The molecule has 0 saturated carbocycles. The molecule has 0 bridgehead atoms. The second-order valence-corrected chi connectivity index (χ2v) is 7.07. The standard InChI is InChI=1S/C19H24N2O4/c1-5-10-19(18(24)25-4)14-13(16(22)21(3)17(14)23)15(20-19)12-9-7-6-8-11(12)2/h6-9,13-15,20H,5,10H2,1-4H3/p+1/t13-,14+,15-,19-/m0/s1. The van der Waals surface area contributed by atoms with Crippen LogP contribution in [0.4, 0.5) is 0 Å². The number of fused-ring (bicyclic) bond motifs is 1. The summed E-state index contributed by atoms with van der Waals surface area (Å²) >= 11 is 0. The molecule has 0 aliphatic carbocycles. The maximum Gasteiger partial charge on any atom is 0.368 e. The third-order valence-corrected chi connectivity index (χ3v) is 5.77. The normalized spacial score (nSPS) is 31.4. The first kappa shape index (κ1) is 17.6. The lowest BCUT2D eigenvalue weighted by atomic mass is 9.77. The fraction of sp³-hybridized carbons (Fsp3) is 0.526. The molecule has 2 aliphatic rings. The zero-order valence-electron chi connectivity index (χ0n) is 15.1. The largest absolute Gasteiger partial charge is 0.464 e. The highest BCUT2D eigenvalue weighted by Crippen LogP contribution is 2.46. The van der Waals surface area contributed by atoms with E-state index in [1.807, 2.05) is 43.4 Å². The Hall–Kier alpha value is -2.21. The van der Waals surface area contributed by atoms with Crippen molar-refractivity contribution in [2.45, 2.75) is 38.3 Å². The topological polar surface area (TPSA) is 80.3 Å². The Balaban J connectivity index is 2.17. The Morgan fingerprint density at radius 3 is 2.56 bits per heavy atom. The molecule has 1 aromatic carbocycles. The van der Waals surface area contributed by atoms with E-state index < -0.39 is 23.3 Å². The highest BCUT2D eigenvalue weighted by atomic mass is 16.5. The molecule has 2 saturated heterocycles. The van der Waals surface area contributed by atoms with Gasteiger partial charge in [-0.05, 0) is 18.9 Å². The van der Waals surface area contributed by atoms with Gasteiger partial charge in [0.15, 0.2) is 0 Å². The van der Waals surface area contributed by atoms with Crippen LogP contribution in [0.25, 0.3) is 0 Å². The highest BCUT2D eigenvalue weighted by Gasteiger charge is 2.71. The van der Waals surface area contributed by atoms with Gasteiger partial charge in [-0.15, -0.1) is 0 Å². The summed E-state index contributed by atoms with van der Waals surface area (Å²) in [5.41, 5.74) is 1.00. The van der Waals surface area contributed by atoms with Gasteiger partial charge in [0.05, 0.1) is 7.11 Å². The van der Waals surface area contributed by atoms with E-state index in [-0.39, 0.29) is 17.9 Å². The number of hydrogen-bond acceptors (Lipinski definition) is 4. The molecule has 2 aliphatic heterocycles. The maximum absolute atomic E-state index is 12.8. The van der Waals surface area contributed by atoms with Crippen LogP contribution in [0.3, 0.4) is 0 Å². The molecular formula is C19H25N2O4+. The number of aryl methyl sites for hydroxylation is 1. The third-order valence-electron chi connectivity index (χ3n) is 5.77. The first-order valence-corrected chi connectivity index (χ1v) is 8.70. The van der Waals surface area contributed by atoms with Crippen LogP contribution in [-0.4, -0.2) is 42.4 Å². The van der Waals surface area contributed by atoms with E-state index in [1.165, 1.54) is 19.1 Å². The fourth-order valence-electron chi connectivity index (χ4n) is 4.65. The molecule has 25 heavy (non-hydrogen) atoms. The number of rotatable bonds is 4. The van der Waals surface area contributed by atoms with Crippen molar-refractivity contribution in [1.29, 1.82) is 0 Å². The van der Waals surface area contributed by atoms with Gasteiger partial charge in [-0.2, -0.15) is 0 Å². The Kier molecular flexibility index (Phi) is 4.41. The van der Waals surface area contributed by atoms with Crippen molar-refractivity contribution < 1.29 is 24.4 Å². The quantitative estimate of drug-likeness (QED) is 0.639. The minimum absolute atomic E-state index is 0.207. The van der Waals surface area contributed by atoms with Gasteiger partial charge in [-0.1, -0.05) is 31.2 Å². The maximum atomic E-state index is 12.8. The number of quaternary nitrogens is 1. The average Bonchev–Trinajstić information content (AvgIpc) is 3.05. The minimum atomic E-state index is -1.04. The first-order valence-electron chi connectivity index (χ1n) is 8.70. The van der Waals surface area contributed by atoms with Crippen molar-refractivity contribution >= 4 is 17.8 Å². The SMILES string of the molecule is CCC[C@]1(C(=O)OC)[NH2+][C@@H](c2ccccc2C)[C@H]2C(=O)N(C)C(=O)[C@@H]21. The molecule has 2 amide bonds. The van der Waals surface area contributed by atoms with Gasteiger partial charge in [0.1, 0.15) is 17.9 Å². The number of likely N-dealkylation sites (tertiary alicyclic amines) is 1. The zero-order valence-corrected chi connectivity index (χ0v) is 15.1. The molecule has 0 spiro atoms. The molecule has 1 aromatic rings. The number of methoxy groups -OCH3 is 1. The van der Waals surface area contributed by atoms with Crippen LogP contribution < -0.4 is 5.32 Å². The molecule has 2 fully saturated rings. The molecule has 6 nitrogen and oxygen atoms in total. The van der Waals surface area contributed by atoms with Gasteiger partial charge in [-0.25, -0.2) is 4.79 Å². The summed E-state index contributed by atoms with van der Waals surface area (Å²) in [6.45, 7) is 3.96. The van der Waals surface area contributed by atoms with E-state index in [1.54, 1.807) is 0 Å². The lowest BCUT2D eigenvalue weighted by Gasteiger charge is -2.28. The average molecular weight is 345 g/mol. The number of ether oxygens (including phenoxy) is 1. The van der Waals surface area contributed by atoms with Crippen molar-refractivity contribution in [2.75, 3.05) is 14.2 Å². The van der Waals surface area contributed by atoms with Gasteiger partial charge >= 0.3 is 5.97 Å². The monoisotopic (exact) mass is 345 g/mol. The highest BCUT2D eigenvalue weighted by molar-refractivity contribution is 6.08. The molecule has 2 N–H and O–H groups in total. The van der Waals surface area contributed by atoms with Gasteiger partial charge in [0, 0.05) is 19.0 Å². The zero-order chi connectivity index (χ0) is 18.4. The fourth-order valence-corrected chi connectivity index (χ4v) is 4.65. The number of benzene rings is 1. The summed E-state index contributed by atoms with van der Waals surface area (Å²) < 4.78 is 5.08. The molecule has 3 rings (SSSR count). The minimum Gasteiger partial charge on any atom is -0.464 e. The number of imide groups is 1. The van der Waals surface area contributed by atoms with Crippen LogP contribution in [0, 0.1) is 18.8 Å². The van der Waals surface area contributed by atoms with Crippen LogP contribution in [-0.2, 0) is 19.1 Å². The van der Waals surface area contributed by atoms with Crippen LogP contribution in [0.5, 0.6) is 0 Å². The Morgan fingerprint density at radius 1 is 1.28 bits per heavy atom. The third kappa shape index (κ3) is 2.39. The lowest BCUT2D eigenvalue weighted by Crippen LogP contribution is -2.98. The van der Waals surface area contributed by atoms with Crippen LogP contribution in [0.2, 0.25) is 0 Å². The predicted octanol–water partition coefficient (Wildman–Crippen LogP) is 0.556. The van der Waals surface area contributed by atoms with Gasteiger partial charge in [0.2, 0.25) is 17.4 Å². The summed E-state index contributed by atoms with van der Waals surface area (Å²) in [6, 6.07) is 7.56. The summed E-state index contributed by atoms with van der Waals surface area (Å²) in [5, 5.41) is 1.92. The molecule has 0 radical (unpaired) electrons. The number of carbonyl (C=O) groups is 3. The van der Waals surface area contributed by atoms with E-state index in [9.17, 15) is 14.4 Å². The van der Waals surface area contributed by atoms with Crippen molar-refractivity contribution in [3.63, 3.8) is 0 Å². The van der Waals surface area contributed by atoms with Crippen LogP contribution >= 0.6 is 0 Å². The molecule has 2 heterocycles. The van der Waals surface area contributed by atoms with Crippen molar-refractivity contribution in [3.8, 4) is 0 Å². The summed E-state index contributed by atoms with van der Waals surface area (Å²) in [7, 11) is 2.85. The second-order valence-electron chi connectivity index (χ2n) is 7.07. The van der Waals surface area contributed by atoms with Gasteiger partial charge < -0.3 is 10.1 Å². The van der Waals surface area contributed by atoms with E-state index in [4.69, 9.17) is 4.74 Å². The van der Waals surface area contributed by atoms with Crippen LogP contribution in [0.1, 0.15) is 36.9 Å². The van der Waals surface area contributed by atoms with E-state index in [0.29, 0.717) is 6.42 Å². The number of nitrogens with two attached hydrogens (primary N) is 1. The number of amides is 2. The lowest BCUT2D eigenvalue weighted by molar-refractivity contribution is -0.735. The number of nitrogens with zero attached hydrogens (tertiary/aromatic N) is 1. The molecule has 0 unspecified atom stereocenters. The van der Waals surface area contributed by atoms with Crippen molar-refractivity contribution in [2.24, 2.45) is 11.8 Å². The molecular weight excluding hydrogens is 320 g/mol. The number of hydrogen-bond donors (Lipinski definition) is 1. The van der Waals surface area contributed by atoms with Crippen molar-refractivity contribution in [3.05, 3.63) is 35.4 Å². The Bertz CT molecular complexity index is 732. The number of carbonyl (C=O) groups excluding carboxylic acids is 3. The number of esters is 1. The molecule has 4 atom stereocenters. The second kappa shape index (κ2) is 6.26. The Labute approximate surface area is 147 Å². The summed E-state index contributed by atoms with van der Waals surface area (Å²) in [5.74, 6) is -2.12. The van der Waals surface area contributed by atoms with Crippen molar-refractivity contribution in [1.82, 2.24) is 4.90 Å². The van der Waals surface area contributed by atoms with Crippen LogP contribution in [0.15, 0.2) is 24.3 Å². The predicted molar refractivity (Wildman–Crippen MR) is 90.3 cm³/mol. The van der Waals surface area contributed by atoms with E-state index in [2.05, 4.69) is 0 Å². The van der Waals surface area contributed by atoms with Gasteiger partial charge in [-0.3, -0.25) is 14.5 Å². The molecule has 0 aromatic heterocycles. The van der Waals surface area contributed by atoms with E-state index in [0.717, 1.165) is 17.5 Å². The molecule has 134 valence electrons.